The van der Waals surface area contributed by atoms with Crippen molar-refractivity contribution in [3.63, 3.8) is 0 Å². The Kier molecular flexibility index (Phi) is 4.66. The molecule has 0 saturated heterocycles. The van der Waals surface area contributed by atoms with Gasteiger partial charge in [0.15, 0.2) is 0 Å². The highest BCUT2D eigenvalue weighted by Crippen LogP contribution is 2.36. The third-order valence-electron chi connectivity index (χ3n) is 4.36. The molecule has 1 aromatic rings. The summed E-state index contributed by atoms with van der Waals surface area (Å²) in [6.45, 7) is 4.25. The Hall–Kier alpha value is -0.560. The van der Waals surface area contributed by atoms with Crippen LogP contribution in [0.15, 0.2) is 18.2 Å². The van der Waals surface area contributed by atoms with E-state index in [0.717, 1.165) is 24.3 Å². The first-order valence-electron chi connectivity index (χ1n) is 6.99. The molecule has 1 saturated carbocycles. The lowest BCUT2D eigenvalue weighted by Gasteiger charge is -2.33. The van der Waals surface area contributed by atoms with Crippen LogP contribution in [0.5, 0.6) is 0 Å². The van der Waals surface area contributed by atoms with Crippen molar-refractivity contribution in [1.82, 2.24) is 0 Å². The van der Waals surface area contributed by atoms with Crippen molar-refractivity contribution in [2.24, 2.45) is 11.8 Å². The maximum atomic E-state index is 13.1. The summed E-state index contributed by atoms with van der Waals surface area (Å²) in [5.41, 5.74) is 2.31. The molecule has 3 unspecified atom stereocenters. The van der Waals surface area contributed by atoms with Crippen LogP contribution >= 0.6 is 11.6 Å². The van der Waals surface area contributed by atoms with Gasteiger partial charge >= 0.3 is 0 Å². The number of aryl methyl sites for hydroxylation is 1. The number of hydrogen-bond acceptors (Lipinski definition) is 0. The Balaban J connectivity index is 2.07. The second-order valence-corrected chi connectivity index (χ2v) is 6.20. The Morgan fingerprint density at radius 2 is 2.11 bits per heavy atom. The molecule has 0 amide bonds. The van der Waals surface area contributed by atoms with Crippen LogP contribution in [-0.4, -0.2) is 5.38 Å². The van der Waals surface area contributed by atoms with Gasteiger partial charge in [-0.3, -0.25) is 0 Å². The average molecular weight is 269 g/mol. The van der Waals surface area contributed by atoms with Crippen LogP contribution in [0.1, 0.15) is 43.7 Å². The lowest BCUT2D eigenvalue weighted by molar-refractivity contribution is 0.264. The first kappa shape index (κ1) is 13.9. The van der Waals surface area contributed by atoms with Crippen molar-refractivity contribution in [1.29, 1.82) is 0 Å². The zero-order chi connectivity index (χ0) is 13.1. The smallest absolute Gasteiger partial charge is 0.123 e. The van der Waals surface area contributed by atoms with E-state index >= 15 is 0 Å². The van der Waals surface area contributed by atoms with E-state index in [2.05, 4.69) is 6.92 Å². The van der Waals surface area contributed by atoms with E-state index in [4.69, 9.17) is 11.6 Å². The molecule has 100 valence electrons. The van der Waals surface area contributed by atoms with Gasteiger partial charge in [0.05, 0.1) is 0 Å². The number of benzene rings is 1. The molecule has 0 radical (unpaired) electrons. The summed E-state index contributed by atoms with van der Waals surface area (Å²) in [4.78, 5) is 0. The van der Waals surface area contributed by atoms with Crippen LogP contribution in [0.3, 0.4) is 0 Å². The molecular formula is C16H22ClF. The van der Waals surface area contributed by atoms with Gasteiger partial charge in [-0.15, -0.1) is 11.6 Å². The Morgan fingerprint density at radius 1 is 1.33 bits per heavy atom. The molecule has 2 heteroatoms. The summed E-state index contributed by atoms with van der Waals surface area (Å²) in [5, 5.41) is 0.289. The van der Waals surface area contributed by atoms with Gasteiger partial charge in [0, 0.05) is 5.38 Å². The lowest BCUT2D eigenvalue weighted by Crippen LogP contribution is -2.27. The summed E-state index contributed by atoms with van der Waals surface area (Å²) in [6.07, 6.45) is 5.87. The molecule has 0 aromatic heterocycles. The molecule has 1 aliphatic carbocycles. The molecule has 18 heavy (non-hydrogen) atoms. The lowest BCUT2D eigenvalue weighted by atomic mass is 9.77. The second-order valence-electron chi connectivity index (χ2n) is 5.64. The monoisotopic (exact) mass is 268 g/mol. The van der Waals surface area contributed by atoms with Crippen molar-refractivity contribution in [2.45, 2.75) is 51.3 Å². The first-order valence-corrected chi connectivity index (χ1v) is 7.43. The van der Waals surface area contributed by atoms with Crippen molar-refractivity contribution in [3.8, 4) is 0 Å². The Labute approximate surface area is 115 Å². The van der Waals surface area contributed by atoms with Gasteiger partial charge in [0.1, 0.15) is 5.82 Å². The highest BCUT2D eigenvalue weighted by Gasteiger charge is 2.28. The predicted octanol–water partition coefficient (Wildman–Crippen LogP) is 5.11. The zero-order valence-corrected chi connectivity index (χ0v) is 12.0. The van der Waals surface area contributed by atoms with Gasteiger partial charge in [0.2, 0.25) is 0 Å². The largest absolute Gasteiger partial charge is 0.207 e. The van der Waals surface area contributed by atoms with Gasteiger partial charge < -0.3 is 0 Å². The summed E-state index contributed by atoms with van der Waals surface area (Å²) in [6, 6.07) is 5.11. The topological polar surface area (TPSA) is 0 Å². The molecule has 0 N–H and O–H groups in total. The minimum atomic E-state index is -0.145. The number of hydrogen-bond donors (Lipinski definition) is 0. The van der Waals surface area contributed by atoms with E-state index in [1.54, 1.807) is 12.1 Å². The van der Waals surface area contributed by atoms with Crippen molar-refractivity contribution >= 4 is 11.6 Å². The van der Waals surface area contributed by atoms with E-state index in [-0.39, 0.29) is 11.2 Å². The molecule has 0 aliphatic heterocycles. The summed E-state index contributed by atoms with van der Waals surface area (Å²) >= 11 is 6.46. The molecular weight excluding hydrogens is 247 g/mol. The highest BCUT2D eigenvalue weighted by molar-refractivity contribution is 6.20. The minimum Gasteiger partial charge on any atom is -0.207 e. The highest BCUT2D eigenvalue weighted by atomic mass is 35.5. The molecule has 0 nitrogen and oxygen atoms in total. The quantitative estimate of drug-likeness (QED) is 0.668. The summed E-state index contributed by atoms with van der Waals surface area (Å²) in [7, 11) is 0. The summed E-state index contributed by atoms with van der Waals surface area (Å²) in [5.74, 6) is 1.23. The Bertz CT molecular complexity index is 402. The minimum absolute atomic E-state index is 0.145. The molecule has 3 atom stereocenters. The van der Waals surface area contributed by atoms with Gasteiger partial charge in [-0.25, -0.2) is 4.39 Å². The molecule has 1 aromatic carbocycles. The van der Waals surface area contributed by atoms with Gasteiger partial charge in [-0.05, 0) is 67.7 Å². The fourth-order valence-corrected chi connectivity index (χ4v) is 3.40. The maximum absolute atomic E-state index is 13.1. The van der Waals surface area contributed by atoms with Crippen molar-refractivity contribution in [2.75, 3.05) is 0 Å². The molecule has 1 aliphatic rings. The third kappa shape index (κ3) is 3.26. The van der Waals surface area contributed by atoms with Gasteiger partial charge in [-0.2, -0.15) is 0 Å². The molecule has 1 fully saturated rings. The fourth-order valence-electron chi connectivity index (χ4n) is 3.08. The SMILES string of the molecule is CCC1CCC(Cl)C(Cc2ccc(F)cc2C)C1. The van der Waals surface area contributed by atoms with Gasteiger partial charge in [-0.1, -0.05) is 19.4 Å². The van der Waals surface area contributed by atoms with E-state index < -0.39 is 0 Å². The van der Waals surface area contributed by atoms with Crippen LogP contribution in [0.4, 0.5) is 4.39 Å². The van der Waals surface area contributed by atoms with Gasteiger partial charge in [0.25, 0.3) is 0 Å². The maximum Gasteiger partial charge on any atom is 0.123 e. The number of alkyl halides is 1. The van der Waals surface area contributed by atoms with E-state index in [1.165, 1.54) is 24.8 Å². The number of rotatable bonds is 3. The zero-order valence-electron chi connectivity index (χ0n) is 11.3. The van der Waals surface area contributed by atoms with Crippen LogP contribution in [0.2, 0.25) is 0 Å². The van der Waals surface area contributed by atoms with Crippen LogP contribution in [0.25, 0.3) is 0 Å². The average Bonchev–Trinajstić information content (AvgIpc) is 2.35. The molecule has 2 rings (SSSR count). The molecule has 0 spiro atoms. The van der Waals surface area contributed by atoms with E-state index in [1.807, 2.05) is 13.0 Å². The second kappa shape index (κ2) is 6.06. The van der Waals surface area contributed by atoms with E-state index in [0.29, 0.717) is 5.92 Å². The Morgan fingerprint density at radius 3 is 2.78 bits per heavy atom. The standard InChI is InChI=1S/C16H22ClF/c1-3-12-4-7-16(17)14(9-12)10-13-5-6-15(18)8-11(13)2/h5-6,8,12,14,16H,3-4,7,9-10H2,1-2H3. The van der Waals surface area contributed by atoms with Crippen LogP contribution in [0, 0.1) is 24.6 Å². The fraction of sp³-hybridized carbons (Fsp3) is 0.625. The van der Waals surface area contributed by atoms with Crippen LogP contribution in [-0.2, 0) is 6.42 Å². The molecule has 0 bridgehead atoms. The first-order chi connectivity index (χ1) is 8.60. The van der Waals surface area contributed by atoms with Crippen LogP contribution < -0.4 is 0 Å². The van der Waals surface area contributed by atoms with E-state index in [9.17, 15) is 4.39 Å². The number of halogens is 2. The van der Waals surface area contributed by atoms with Crippen molar-refractivity contribution < 1.29 is 4.39 Å². The third-order valence-corrected chi connectivity index (χ3v) is 4.94. The predicted molar refractivity (Wildman–Crippen MR) is 75.6 cm³/mol. The van der Waals surface area contributed by atoms with Crippen molar-refractivity contribution in [3.05, 3.63) is 35.1 Å². The normalized spacial score (nSPS) is 28.3. The summed E-state index contributed by atoms with van der Waals surface area (Å²) < 4.78 is 13.1. The molecule has 0 heterocycles.